The Balaban J connectivity index is 0.000000677. The zero-order valence-corrected chi connectivity index (χ0v) is 20.2. The molecule has 29 heavy (non-hydrogen) atoms. The zero-order valence-electron chi connectivity index (χ0n) is 17.0. The molecule has 1 atom stereocenters. The summed E-state index contributed by atoms with van der Waals surface area (Å²) in [7, 11) is 0. The van der Waals surface area contributed by atoms with Crippen LogP contribution in [-0.2, 0) is 21.7 Å². The van der Waals surface area contributed by atoms with Crippen molar-refractivity contribution >= 4 is 46.8 Å². The van der Waals surface area contributed by atoms with Gasteiger partial charge in [-0.3, -0.25) is 0 Å². The maximum absolute atomic E-state index is 7.00. The molecule has 1 aliphatic carbocycles. The van der Waals surface area contributed by atoms with E-state index in [1.165, 1.54) is 33.1 Å². The first-order valence-corrected chi connectivity index (χ1v) is 8.99. The van der Waals surface area contributed by atoms with Gasteiger partial charge in [-0.05, 0) is 19.8 Å². The third kappa shape index (κ3) is 6.17. The number of hydrogen-bond donors (Lipinski definition) is 0. The molecule has 0 spiro atoms. The maximum atomic E-state index is 7.00. The molecule has 150 valence electrons. The number of rotatable bonds is 1. The fraction of sp³-hybridized carbons (Fsp3) is 0.160. The van der Waals surface area contributed by atoms with Crippen LogP contribution in [0.5, 0.6) is 0 Å². The van der Waals surface area contributed by atoms with Gasteiger partial charge in [0.1, 0.15) is 0 Å². The van der Waals surface area contributed by atoms with E-state index in [1.54, 1.807) is 12.1 Å². The quantitative estimate of drug-likeness (QED) is 0.257. The van der Waals surface area contributed by atoms with E-state index in [2.05, 4.69) is 70.2 Å². The van der Waals surface area contributed by atoms with Gasteiger partial charge in [0.25, 0.3) is 0 Å². The third-order valence-electron chi connectivity index (χ3n) is 5.06. The summed E-state index contributed by atoms with van der Waals surface area (Å²) >= 11 is 0. The van der Waals surface area contributed by atoms with Crippen LogP contribution in [0.4, 0.5) is 5.69 Å². The number of benzene rings is 3. The molecule has 0 aromatic heterocycles. The second-order valence-electron chi connectivity index (χ2n) is 6.86. The Morgan fingerprint density at radius 3 is 1.93 bits per heavy atom. The largest absolute Gasteiger partial charge is 2.00 e. The molecule has 0 saturated carbocycles. The maximum Gasteiger partial charge on any atom is 2.00 e. The number of fused-ring (bicyclic) bond motifs is 1. The molecule has 0 radical (unpaired) electrons. The molecule has 1 N–H and O–H groups in total. The average molecular weight is 460 g/mol. The summed E-state index contributed by atoms with van der Waals surface area (Å²) in [5, 5.41) is 2.53. The Hall–Kier alpha value is -1.64. The SMILES string of the molecule is Cl.Cl.[CH2-]c1c(C2=C(C)C(C)=CC2C)ccc2ccccc12.[NH-]c1ccccc1.[Ti+2]. The zero-order chi connectivity index (χ0) is 18.7. The molecule has 0 fully saturated rings. The van der Waals surface area contributed by atoms with Gasteiger partial charge in [-0.25, -0.2) is 0 Å². The summed E-state index contributed by atoms with van der Waals surface area (Å²) < 4.78 is 0. The molecule has 3 aromatic carbocycles. The van der Waals surface area contributed by atoms with E-state index in [0.29, 0.717) is 11.6 Å². The van der Waals surface area contributed by atoms with Crippen molar-refractivity contribution in [1.29, 1.82) is 0 Å². The van der Waals surface area contributed by atoms with Crippen LogP contribution >= 0.6 is 24.8 Å². The molecule has 1 aliphatic rings. The van der Waals surface area contributed by atoms with Gasteiger partial charge >= 0.3 is 21.7 Å². The fourth-order valence-electron chi connectivity index (χ4n) is 3.61. The predicted molar refractivity (Wildman–Crippen MR) is 129 cm³/mol. The summed E-state index contributed by atoms with van der Waals surface area (Å²) in [5.74, 6) is 0.488. The second kappa shape index (κ2) is 12.1. The number of halogens is 2. The van der Waals surface area contributed by atoms with Crippen molar-refractivity contribution in [3.05, 3.63) is 108 Å². The van der Waals surface area contributed by atoms with Crippen LogP contribution in [-0.4, -0.2) is 0 Å². The summed E-state index contributed by atoms with van der Waals surface area (Å²) in [6.07, 6.45) is 2.35. The van der Waals surface area contributed by atoms with Crippen LogP contribution in [0.25, 0.3) is 22.1 Å². The van der Waals surface area contributed by atoms with Crippen molar-refractivity contribution < 1.29 is 21.7 Å². The minimum atomic E-state index is 0. The summed E-state index contributed by atoms with van der Waals surface area (Å²) in [6.45, 7) is 11.0. The third-order valence-corrected chi connectivity index (χ3v) is 5.06. The Bertz CT molecular complexity index is 994. The topological polar surface area (TPSA) is 23.8 Å². The van der Waals surface area contributed by atoms with Gasteiger partial charge in [0.15, 0.2) is 0 Å². The van der Waals surface area contributed by atoms with Gasteiger partial charge in [-0.15, -0.1) is 53.6 Å². The van der Waals surface area contributed by atoms with Gasteiger partial charge in [-0.2, -0.15) is 12.5 Å². The van der Waals surface area contributed by atoms with Crippen LogP contribution in [0.1, 0.15) is 31.9 Å². The van der Waals surface area contributed by atoms with E-state index < -0.39 is 0 Å². The van der Waals surface area contributed by atoms with Crippen molar-refractivity contribution in [2.45, 2.75) is 20.8 Å². The summed E-state index contributed by atoms with van der Waals surface area (Å²) in [6, 6.07) is 22.0. The molecular weight excluding hydrogens is 433 g/mol. The molecule has 0 heterocycles. The van der Waals surface area contributed by atoms with Gasteiger partial charge in [0.05, 0.1) is 0 Å². The van der Waals surface area contributed by atoms with Crippen LogP contribution in [0.3, 0.4) is 0 Å². The molecular formula is C25H27Cl2NTi. The molecule has 0 bridgehead atoms. The Morgan fingerprint density at radius 2 is 1.41 bits per heavy atom. The van der Waals surface area contributed by atoms with Crippen LogP contribution in [0, 0.1) is 12.8 Å². The van der Waals surface area contributed by atoms with Crippen molar-refractivity contribution in [1.82, 2.24) is 0 Å². The van der Waals surface area contributed by atoms with Crippen molar-refractivity contribution in [2.75, 3.05) is 0 Å². The van der Waals surface area contributed by atoms with E-state index in [1.807, 2.05) is 18.2 Å². The smallest absolute Gasteiger partial charge is 0.699 e. The molecule has 1 nitrogen and oxygen atoms in total. The Kier molecular flexibility index (Phi) is 11.5. The van der Waals surface area contributed by atoms with Crippen LogP contribution in [0.2, 0.25) is 0 Å². The van der Waals surface area contributed by atoms with E-state index in [4.69, 9.17) is 5.73 Å². The minimum absolute atomic E-state index is 0. The molecule has 0 saturated heterocycles. The predicted octanol–water partition coefficient (Wildman–Crippen LogP) is 8.60. The standard InChI is InChI=1S/C19H19.C6H6N.2ClH.Ti/c1-12-11-13(2)19(14(12)3)18-10-9-16-7-5-6-8-17(16)15(18)4;7-6-4-2-1-3-5-6;;;/h5-11,13H,4H2,1-3H3;1-5,7H;2*1H;/q2*-1;;;+2. The van der Waals surface area contributed by atoms with E-state index in [-0.39, 0.29) is 46.5 Å². The normalized spacial score (nSPS) is 14.6. The minimum Gasteiger partial charge on any atom is -0.699 e. The first kappa shape index (κ1) is 27.4. The van der Waals surface area contributed by atoms with Crippen molar-refractivity contribution in [2.24, 2.45) is 5.92 Å². The van der Waals surface area contributed by atoms with Gasteiger partial charge < -0.3 is 5.73 Å². The van der Waals surface area contributed by atoms with Crippen molar-refractivity contribution in [3.63, 3.8) is 0 Å². The first-order valence-electron chi connectivity index (χ1n) is 8.99. The molecule has 0 aliphatic heterocycles. The second-order valence-corrected chi connectivity index (χ2v) is 6.86. The molecule has 4 heteroatoms. The van der Waals surface area contributed by atoms with E-state index in [9.17, 15) is 0 Å². The number of allylic oxidation sites excluding steroid dienone is 4. The first-order chi connectivity index (χ1) is 12.5. The van der Waals surface area contributed by atoms with Crippen molar-refractivity contribution in [3.8, 4) is 0 Å². The fourth-order valence-corrected chi connectivity index (χ4v) is 3.61. The number of nitrogens with one attached hydrogen (secondary N) is 1. The average Bonchev–Trinajstić information content (AvgIpc) is 2.89. The summed E-state index contributed by atoms with van der Waals surface area (Å²) in [5.41, 5.74) is 14.3. The molecule has 3 aromatic rings. The van der Waals surface area contributed by atoms with E-state index >= 15 is 0 Å². The van der Waals surface area contributed by atoms with Crippen LogP contribution < -0.4 is 0 Å². The molecule has 0 amide bonds. The van der Waals surface area contributed by atoms with Gasteiger partial charge in [0, 0.05) is 0 Å². The molecule has 1 unspecified atom stereocenters. The van der Waals surface area contributed by atoms with E-state index in [0.717, 1.165) is 5.56 Å². The van der Waals surface area contributed by atoms with Crippen LogP contribution in [0.15, 0.2) is 84.0 Å². The Morgan fingerprint density at radius 1 is 0.828 bits per heavy atom. The van der Waals surface area contributed by atoms with Gasteiger partial charge in [0.2, 0.25) is 0 Å². The number of hydrogen-bond acceptors (Lipinski definition) is 0. The summed E-state index contributed by atoms with van der Waals surface area (Å²) in [4.78, 5) is 0. The monoisotopic (exact) mass is 459 g/mol. The Labute approximate surface area is 202 Å². The molecule has 4 rings (SSSR count). The van der Waals surface area contributed by atoms with Gasteiger partial charge in [-0.1, -0.05) is 89.7 Å².